The van der Waals surface area contributed by atoms with Gasteiger partial charge in [-0.1, -0.05) is 59.6 Å². The number of hydrogen-bond donors (Lipinski definition) is 2. The summed E-state index contributed by atoms with van der Waals surface area (Å²) in [6.45, 7) is 2.49. The van der Waals surface area contributed by atoms with Gasteiger partial charge in [0.15, 0.2) is 0 Å². The van der Waals surface area contributed by atoms with Gasteiger partial charge in [0.1, 0.15) is 11.7 Å². The Bertz CT molecular complexity index is 1550. The number of aliphatic imine (C=N–C) groups is 1. The molecule has 4 aromatic rings. The molecule has 0 unspecified atom stereocenters. The van der Waals surface area contributed by atoms with E-state index in [9.17, 15) is 14.3 Å². The lowest BCUT2D eigenvalue weighted by Crippen LogP contribution is -2.33. The summed E-state index contributed by atoms with van der Waals surface area (Å²) in [5, 5.41) is 14.8. The molecule has 0 aromatic heterocycles. The van der Waals surface area contributed by atoms with Crippen molar-refractivity contribution in [2.75, 3.05) is 7.05 Å². The lowest BCUT2D eigenvalue weighted by molar-refractivity contribution is 0.0858. The molecule has 0 spiro atoms. The van der Waals surface area contributed by atoms with Crippen LogP contribution in [0.25, 0.3) is 11.1 Å². The summed E-state index contributed by atoms with van der Waals surface area (Å²) in [5.41, 5.74) is 5.48. The maximum absolute atomic E-state index is 13.2. The fraction of sp³-hybridized carbons (Fsp3) is 0.188. The summed E-state index contributed by atoms with van der Waals surface area (Å²) in [4.78, 5) is 19.9. The Morgan fingerprint density at radius 1 is 1.02 bits per heavy atom. The summed E-state index contributed by atoms with van der Waals surface area (Å²) in [5.74, 6) is 0.220. The van der Waals surface area contributed by atoms with E-state index in [0.717, 1.165) is 33.8 Å². The molecular formula is C32H28Cl2FN3O2. The number of aliphatic hydroxyl groups excluding tert-OH is 1. The van der Waals surface area contributed by atoms with Crippen LogP contribution in [0.4, 0.5) is 10.1 Å². The molecule has 1 aliphatic carbocycles. The van der Waals surface area contributed by atoms with E-state index in [1.165, 1.54) is 12.1 Å². The van der Waals surface area contributed by atoms with Crippen LogP contribution in [-0.4, -0.2) is 34.9 Å². The predicted octanol–water partition coefficient (Wildman–Crippen LogP) is 7.37. The Labute approximate surface area is 242 Å². The topological polar surface area (TPSA) is 64.9 Å². The highest BCUT2D eigenvalue weighted by Gasteiger charge is 2.32. The van der Waals surface area contributed by atoms with Crippen molar-refractivity contribution in [2.45, 2.75) is 32.0 Å². The number of aliphatic hydroxyl groups is 1. The maximum atomic E-state index is 13.2. The molecule has 5 nitrogen and oxygen atoms in total. The van der Waals surface area contributed by atoms with Crippen molar-refractivity contribution in [3.63, 3.8) is 0 Å². The molecule has 0 bridgehead atoms. The van der Waals surface area contributed by atoms with Crippen molar-refractivity contribution in [1.29, 1.82) is 0 Å². The van der Waals surface area contributed by atoms with E-state index >= 15 is 0 Å². The SMILES string of the molecule is CC(=Nc1ccc2c(c1)[C@@H](NC(=O)c1ccc(-c3c(Cl)cccc3Cl)cc1)[C@H](O)C2)N(C)Cc1ccc(F)cc1. The maximum Gasteiger partial charge on any atom is 0.251 e. The first kappa shape index (κ1) is 27.8. The summed E-state index contributed by atoms with van der Waals surface area (Å²) in [6, 6.07) is 24.0. The Kier molecular flexibility index (Phi) is 8.22. The summed E-state index contributed by atoms with van der Waals surface area (Å²) >= 11 is 12.7. The fourth-order valence-electron chi connectivity index (χ4n) is 4.89. The van der Waals surface area contributed by atoms with E-state index in [1.54, 1.807) is 54.6 Å². The Balaban J connectivity index is 1.31. The number of rotatable bonds is 6. The molecule has 204 valence electrons. The third kappa shape index (κ3) is 6.04. The zero-order chi connectivity index (χ0) is 28.4. The van der Waals surface area contributed by atoms with Crippen LogP contribution >= 0.6 is 23.2 Å². The van der Waals surface area contributed by atoms with Gasteiger partial charge in [0.2, 0.25) is 0 Å². The van der Waals surface area contributed by atoms with Crippen molar-refractivity contribution < 1.29 is 14.3 Å². The number of halogens is 3. The Hall–Kier alpha value is -3.71. The number of fused-ring (bicyclic) bond motifs is 1. The molecule has 2 N–H and O–H groups in total. The van der Waals surface area contributed by atoms with E-state index < -0.39 is 12.1 Å². The second-order valence-corrected chi connectivity index (χ2v) is 10.7. The molecule has 0 radical (unpaired) electrons. The molecule has 2 atom stereocenters. The van der Waals surface area contributed by atoms with Gasteiger partial charge >= 0.3 is 0 Å². The Morgan fingerprint density at radius 2 is 1.70 bits per heavy atom. The quantitative estimate of drug-likeness (QED) is 0.186. The van der Waals surface area contributed by atoms with Crippen molar-refractivity contribution in [2.24, 2.45) is 4.99 Å². The van der Waals surface area contributed by atoms with Gasteiger partial charge in [0, 0.05) is 41.2 Å². The van der Waals surface area contributed by atoms with Crippen LogP contribution in [0.2, 0.25) is 10.0 Å². The zero-order valence-corrected chi connectivity index (χ0v) is 23.5. The summed E-state index contributed by atoms with van der Waals surface area (Å²) in [7, 11) is 1.92. The number of nitrogens with zero attached hydrogens (tertiary/aromatic N) is 2. The molecule has 0 saturated carbocycles. The standard InChI is InChI=1S/C32H28Cl2FN3O2/c1-19(38(2)18-20-6-13-24(35)14-7-20)36-25-15-12-23-16-29(39)31(26(23)17-25)37-32(40)22-10-8-21(9-11-22)30-27(33)4-3-5-28(30)34/h3-15,17,29,31,39H,16,18H2,1-2H3,(H,37,40)/t29-,31-/m1/s1. The smallest absolute Gasteiger partial charge is 0.251 e. The van der Waals surface area contributed by atoms with Gasteiger partial charge in [-0.25, -0.2) is 9.38 Å². The van der Waals surface area contributed by atoms with Crippen LogP contribution in [0.5, 0.6) is 0 Å². The molecule has 0 fully saturated rings. The van der Waals surface area contributed by atoms with E-state index in [-0.39, 0.29) is 11.7 Å². The minimum atomic E-state index is -0.748. The number of nitrogens with one attached hydrogen (secondary N) is 1. The molecule has 4 aromatic carbocycles. The molecule has 5 rings (SSSR count). The van der Waals surface area contributed by atoms with E-state index in [0.29, 0.717) is 34.1 Å². The molecule has 0 saturated heterocycles. The second-order valence-electron chi connectivity index (χ2n) is 9.92. The minimum absolute atomic E-state index is 0.266. The normalized spacial score (nSPS) is 16.5. The van der Waals surface area contributed by atoms with Crippen molar-refractivity contribution >= 4 is 40.6 Å². The number of hydrogen-bond acceptors (Lipinski definition) is 3. The molecule has 40 heavy (non-hydrogen) atoms. The van der Waals surface area contributed by atoms with E-state index in [1.807, 2.05) is 37.1 Å². The Morgan fingerprint density at radius 3 is 2.38 bits per heavy atom. The monoisotopic (exact) mass is 575 g/mol. The minimum Gasteiger partial charge on any atom is -0.390 e. The predicted molar refractivity (Wildman–Crippen MR) is 159 cm³/mol. The van der Waals surface area contributed by atoms with E-state index in [4.69, 9.17) is 28.2 Å². The number of carbonyl (C=O) groups excluding carboxylic acids is 1. The van der Waals surface area contributed by atoms with Crippen LogP contribution in [0.3, 0.4) is 0 Å². The van der Waals surface area contributed by atoms with Gasteiger partial charge in [-0.3, -0.25) is 4.79 Å². The first-order valence-corrected chi connectivity index (χ1v) is 13.6. The van der Waals surface area contributed by atoms with Gasteiger partial charge in [-0.15, -0.1) is 0 Å². The third-order valence-corrected chi connectivity index (χ3v) is 7.77. The van der Waals surface area contributed by atoms with Gasteiger partial charge in [-0.05, 0) is 77.7 Å². The highest BCUT2D eigenvalue weighted by molar-refractivity contribution is 6.39. The van der Waals surface area contributed by atoms with Crippen LogP contribution < -0.4 is 5.32 Å². The lowest BCUT2D eigenvalue weighted by atomic mass is 10.0. The third-order valence-electron chi connectivity index (χ3n) is 7.14. The number of amides is 1. The zero-order valence-electron chi connectivity index (χ0n) is 22.0. The van der Waals surface area contributed by atoms with Crippen molar-refractivity contribution in [1.82, 2.24) is 10.2 Å². The van der Waals surface area contributed by atoms with Gasteiger partial charge < -0.3 is 15.3 Å². The number of amidine groups is 1. The van der Waals surface area contributed by atoms with Crippen LogP contribution in [-0.2, 0) is 13.0 Å². The average molecular weight is 576 g/mol. The first-order chi connectivity index (χ1) is 19.2. The largest absolute Gasteiger partial charge is 0.390 e. The van der Waals surface area contributed by atoms with Crippen LogP contribution in [0.1, 0.15) is 40.0 Å². The van der Waals surface area contributed by atoms with E-state index in [2.05, 4.69) is 5.32 Å². The van der Waals surface area contributed by atoms with Crippen LogP contribution in [0.15, 0.2) is 89.9 Å². The molecular weight excluding hydrogens is 548 g/mol. The number of benzene rings is 4. The number of carbonyl (C=O) groups is 1. The fourth-order valence-corrected chi connectivity index (χ4v) is 5.50. The van der Waals surface area contributed by atoms with Crippen molar-refractivity contribution in [3.8, 4) is 11.1 Å². The summed E-state index contributed by atoms with van der Waals surface area (Å²) < 4.78 is 13.2. The average Bonchev–Trinajstić information content (AvgIpc) is 3.24. The molecule has 0 heterocycles. The molecule has 8 heteroatoms. The van der Waals surface area contributed by atoms with Crippen LogP contribution in [0, 0.1) is 5.82 Å². The second kappa shape index (κ2) is 11.8. The van der Waals surface area contributed by atoms with Gasteiger partial charge in [0.25, 0.3) is 5.91 Å². The van der Waals surface area contributed by atoms with Gasteiger partial charge in [-0.2, -0.15) is 0 Å². The van der Waals surface area contributed by atoms with Gasteiger partial charge in [0.05, 0.1) is 17.8 Å². The highest BCUT2D eigenvalue weighted by atomic mass is 35.5. The highest BCUT2D eigenvalue weighted by Crippen LogP contribution is 2.36. The van der Waals surface area contributed by atoms with Crippen molar-refractivity contribution in [3.05, 3.63) is 123 Å². The molecule has 1 aliphatic rings. The summed E-state index contributed by atoms with van der Waals surface area (Å²) in [6.07, 6.45) is -0.306. The first-order valence-electron chi connectivity index (χ1n) is 12.9. The molecule has 1 amide bonds. The molecule has 0 aliphatic heterocycles. The lowest BCUT2D eigenvalue weighted by Gasteiger charge is -2.20.